The number of Topliss-reactive ketones (excluding diaryl/α,β-unsaturated/α-hetero) is 1. The van der Waals surface area contributed by atoms with Crippen LogP contribution in [0.4, 0.5) is 0 Å². The van der Waals surface area contributed by atoms with E-state index < -0.39 is 5.92 Å². The summed E-state index contributed by atoms with van der Waals surface area (Å²) in [6.07, 6.45) is 1.68. The Kier molecular flexibility index (Phi) is 4.16. The number of carbonyl (C=O) groups is 1. The van der Waals surface area contributed by atoms with Crippen molar-refractivity contribution in [1.29, 1.82) is 5.26 Å². The van der Waals surface area contributed by atoms with Gasteiger partial charge in [-0.05, 0) is 30.7 Å². The number of benzene rings is 1. The first kappa shape index (κ1) is 13.8. The molecule has 1 aromatic heterocycles. The van der Waals surface area contributed by atoms with Gasteiger partial charge in [0.15, 0.2) is 0 Å². The molecular weight excluding hydrogens is 254 g/mol. The Morgan fingerprint density at radius 3 is 2.60 bits per heavy atom. The van der Waals surface area contributed by atoms with Crippen molar-refractivity contribution in [3.05, 3.63) is 47.8 Å². The lowest BCUT2D eigenvalue weighted by molar-refractivity contribution is 0.0973. The van der Waals surface area contributed by atoms with Gasteiger partial charge in [-0.15, -0.1) is 0 Å². The second kappa shape index (κ2) is 6.02. The maximum atomic E-state index is 12.3. The predicted octanol–water partition coefficient (Wildman–Crippen LogP) is 2.31. The molecule has 5 heteroatoms. The van der Waals surface area contributed by atoms with Gasteiger partial charge in [0, 0.05) is 13.2 Å². The van der Waals surface area contributed by atoms with Gasteiger partial charge in [-0.2, -0.15) is 10.4 Å². The summed E-state index contributed by atoms with van der Waals surface area (Å²) in [5, 5.41) is 13.3. The minimum absolute atomic E-state index is 0.294. The van der Waals surface area contributed by atoms with E-state index in [4.69, 9.17) is 4.74 Å². The van der Waals surface area contributed by atoms with E-state index in [1.165, 1.54) is 0 Å². The molecule has 0 fully saturated rings. The van der Waals surface area contributed by atoms with Crippen molar-refractivity contribution in [3.63, 3.8) is 0 Å². The molecule has 1 heterocycles. The normalized spacial score (nSPS) is 11.7. The highest BCUT2D eigenvalue weighted by molar-refractivity contribution is 6.01. The van der Waals surface area contributed by atoms with Crippen LogP contribution in [0.5, 0.6) is 5.75 Å². The standard InChI is InChI=1S/C15H15N3O2/c1-3-20-12-6-4-11(5-7-12)13(10-16)15(19)14-8-9-18(2)17-14/h4-9,13H,3H2,1-2H3. The molecule has 0 amide bonds. The van der Waals surface area contributed by atoms with Crippen molar-refractivity contribution in [2.24, 2.45) is 7.05 Å². The molecule has 0 aliphatic heterocycles. The van der Waals surface area contributed by atoms with Crippen molar-refractivity contribution in [3.8, 4) is 11.8 Å². The molecule has 0 saturated heterocycles. The highest BCUT2D eigenvalue weighted by Crippen LogP contribution is 2.22. The van der Waals surface area contributed by atoms with Crippen LogP contribution in [0, 0.1) is 11.3 Å². The molecular formula is C15H15N3O2. The Balaban J connectivity index is 2.24. The second-order valence-corrected chi connectivity index (χ2v) is 4.30. The topological polar surface area (TPSA) is 67.9 Å². The fourth-order valence-electron chi connectivity index (χ4n) is 1.90. The number of carbonyl (C=O) groups excluding carboxylic acids is 1. The molecule has 0 bridgehead atoms. The maximum absolute atomic E-state index is 12.3. The molecule has 0 saturated carbocycles. The third kappa shape index (κ3) is 2.86. The van der Waals surface area contributed by atoms with Crippen molar-refractivity contribution in [1.82, 2.24) is 9.78 Å². The number of aromatic nitrogens is 2. The lowest BCUT2D eigenvalue weighted by Crippen LogP contribution is -2.12. The van der Waals surface area contributed by atoms with Crippen molar-refractivity contribution >= 4 is 5.78 Å². The first-order valence-corrected chi connectivity index (χ1v) is 6.32. The van der Waals surface area contributed by atoms with Crippen LogP contribution >= 0.6 is 0 Å². The molecule has 0 radical (unpaired) electrons. The zero-order valence-electron chi connectivity index (χ0n) is 11.4. The van der Waals surface area contributed by atoms with Gasteiger partial charge in [-0.1, -0.05) is 12.1 Å². The van der Waals surface area contributed by atoms with Crippen LogP contribution in [-0.2, 0) is 7.05 Å². The van der Waals surface area contributed by atoms with Gasteiger partial charge < -0.3 is 4.74 Å². The first-order valence-electron chi connectivity index (χ1n) is 6.32. The molecule has 20 heavy (non-hydrogen) atoms. The number of nitriles is 1. The summed E-state index contributed by atoms with van der Waals surface area (Å²) in [5.74, 6) is -0.420. The minimum Gasteiger partial charge on any atom is -0.494 e. The number of rotatable bonds is 5. The molecule has 2 aromatic rings. The smallest absolute Gasteiger partial charge is 0.204 e. The molecule has 0 spiro atoms. The van der Waals surface area contributed by atoms with E-state index in [0.29, 0.717) is 17.9 Å². The third-order valence-electron chi connectivity index (χ3n) is 2.88. The van der Waals surface area contributed by atoms with E-state index in [1.807, 2.05) is 13.0 Å². The molecule has 1 aromatic carbocycles. The Bertz CT molecular complexity index is 638. The molecule has 0 N–H and O–H groups in total. The highest BCUT2D eigenvalue weighted by Gasteiger charge is 2.23. The van der Waals surface area contributed by atoms with E-state index in [2.05, 4.69) is 5.10 Å². The summed E-state index contributed by atoms with van der Waals surface area (Å²) in [6.45, 7) is 2.48. The van der Waals surface area contributed by atoms with Crippen LogP contribution in [0.2, 0.25) is 0 Å². The second-order valence-electron chi connectivity index (χ2n) is 4.30. The summed E-state index contributed by atoms with van der Waals surface area (Å²) in [4.78, 5) is 12.3. The van der Waals surface area contributed by atoms with Gasteiger partial charge in [0.1, 0.15) is 17.4 Å². The van der Waals surface area contributed by atoms with Crippen LogP contribution in [-0.4, -0.2) is 22.2 Å². The molecule has 1 atom stereocenters. The minimum atomic E-state index is -0.847. The Morgan fingerprint density at radius 2 is 2.10 bits per heavy atom. The van der Waals surface area contributed by atoms with Gasteiger partial charge >= 0.3 is 0 Å². The monoisotopic (exact) mass is 269 g/mol. The van der Waals surface area contributed by atoms with Crippen molar-refractivity contribution < 1.29 is 9.53 Å². The number of nitrogens with zero attached hydrogens (tertiary/aromatic N) is 3. The Morgan fingerprint density at radius 1 is 1.40 bits per heavy atom. The van der Waals surface area contributed by atoms with Gasteiger partial charge in [0.25, 0.3) is 0 Å². The van der Waals surface area contributed by atoms with Crippen LogP contribution in [0.15, 0.2) is 36.5 Å². The summed E-state index contributed by atoms with van der Waals surface area (Å²) in [6, 6.07) is 10.6. The average Bonchev–Trinajstić information content (AvgIpc) is 2.88. The average molecular weight is 269 g/mol. The zero-order chi connectivity index (χ0) is 14.5. The summed E-state index contributed by atoms with van der Waals surface area (Å²) in [7, 11) is 1.73. The van der Waals surface area contributed by atoms with Crippen molar-refractivity contribution in [2.45, 2.75) is 12.8 Å². The SMILES string of the molecule is CCOc1ccc(C(C#N)C(=O)c2ccn(C)n2)cc1. The third-order valence-corrected chi connectivity index (χ3v) is 2.88. The maximum Gasteiger partial charge on any atom is 0.204 e. The number of ketones is 1. The summed E-state index contributed by atoms with van der Waals surface area (Å²) in [5.41, 5.74) is 0.944. The fraction of sp³-hybridized carbons (Fsp3) is 0.267. The first-order chi connectivity index (χ1) is 9.65. The Labute approximate surface area is 117 Å². The zero-order valence-corrected chi connectivity index (χ0v) is 11.4. The molecule has 2 rings (SSSR count). The van der Waals surface area contributed by atoms with E-state index >= 15 is 0 Å². The summed E-state index contributed by atoms with van der Waals surface area (Å²) >= 11 is 0. The largest absolute Gasteiger partial charge is 0.494 e. The molecule has 0 aliphatic rings. The lowest BCUT2D eigenvalue weighted by Gasteiger charge is -2.08. The van der Waals surface area contributed by atoms with Gasteiger partial charge in [-0.25, -0.2) is 0 Å². The number of hydrogen-bond donors (Lipinski definition) is 0. The van der Waals surface area contributed by atoms with E-state index in [0.717, 1.165) is 5.75 Å². The molecule has 5 nitrogen and oxygen atoms in total. The fourth-order valence-corrected chi connectivity index (χ4v) is 1.90. The number of ether oxygens (including phenoxy) is 1. The van der Waals surface area contributed by atoms with Crippen molar-refractivity contribution in [2.75, 3.05) is 6.61 Å². The predicted molar refractivity (Wildman–Crippen MR) is 73.5 cm³/mol. The highest BCUT2D eigenvalue weighted by atomic mass is 16.5. The van der Waals surface area contributed by atoms with Crippen LogP contribution in [0.25, 0.3) is 0 Å². The molecule has 0 aliphatic carbocycles. The van der Waals surface area contributed by atoms with Crippen LogP contribution in [0.3, 0.4) is 0 Å². The molecule has 102 valence electrons. The number of aryl methyl sites for hydroxylation is 1. The number of hydrogen-bond acceptors (Lipinski definition) is 4. The lowest BCUT2D eigenvalue weighted by atomic mass is 9.94. The quantitative estimate of drug-likeness (QED) is 0.781. The van der Waals surface area contributed by atoms with E-state index in [9.17, 15) is 10.1 Å². The van der Waals surface area contributed by atoms with E-state index in [1.54, 1.807) is 48.3 Å². The van der Waals surface area contributed by atoms with Gasteiger partial charge in [0.05, 0.1) is 12.7 Å². The van der Waals surface area contributed by atoms with Crippen LogP contribution in [0.1, 0.15) is 28.9 Å². The Hall–Kier alpha value is -2.61. The van der Waals surface area contributed by atoms with Gasteiger partial charge in [0.2, 0.25) is 5.78 Å². The molecule has 1 unspecified atom stereocenters. The van der Waals surface area contributed by atoms with Gasteiger partial charge in [-0.3, -0.25) is 9.48 Å². The van der Waals surface area contributed by atoms with E-state index in [-0.39, 0.29) is 5.78 Å². The van der Waals surface area contributed by atoms with Crippen LogP contribution < -0.4 is 4.74 Å². The summed E-state index contributed by atoms with van der Waals surface area (Å²) < 4.78 is 6.88.